The van der Waals surface area contributed by atoms with E-state index in [9.17, 15) is 0 Å². The summed E-state index contributed by atoms with van der Waals surface area (Å²) >= 11 is 3.52. The van der Waals surface area contributed by atoms with Crippen LogP contribution in [0.15, 0.2) is 41.3 Å². The van der Waals surface area contributed by atoms with Gasteiger partial charge in [-0.25, -0.2) is 4.98 Å². The normalized spacial score (nSPS) is 12.9. The molecule has 102 valence electrons. The average Bonchev–Trinajstić information content (AvgIpc) is 2.83. The summed E-state index contributed by atoms with van der Waals surface area (Å²) < 4.78 is 3.33. The Morgan fingerprint density at radius 1 is 1.32 bits per heavy atom. The minimum absolute atomic E-state index is 0.281. The Balaban J connectivity index is 2.19. The summed E-state index contributed by atoms with van der Waals surface area (Å²) in [6.07, 6.45) is 3.84. The molecule has 0 aliphatic rings. The number of hydrogen-bond donors (Lipinski definition) is 1. The molecule has 0 fully saturated rings. The fraction of sp³-hybridized carbons (Fsp3) is 0.400. The lowest BCUT2D eigenvalue weighted by atomic mass is 10.1. The van der Waals surface area contributed by atoms with E-state index < -0.39 is 0 Å². The number of hydrogen-bond acceptors (Lipinski definition) is 2. The van der Waals surface area contributed by atoms with Crippen molar-refractivity contribution in [3.63, 3.8) is 0 Å². The van der Waals surface area contributed by atoms with Gasteiger partial charge in [0, 0.05) is 23.3 Å². The molecular formula is C15H20BrN3. The fourth-order valence-electron chi connectivity index (χ4n) is 2.05. The van der Waals surface area contributed by atoms with Gasteiger partial charge in [0.05, 0.1) is 18.1 Å². The van der Waals surface area contributed by atoms with Crippen molar-refractivity contribution in [1.29, 1.82) is 0 Å². The monoisotopic (exact) mass is 321 g/mol. The van der Waals surface area contributed by atoms with Crippen molar-refractivity contribution < 1.29 is 0 Å². The van der Waals surface area contributed by atoms with Gasteiger partial charge in [-0.15, -0.1) is 0 Å². The van der Waals surface area contributed by atoms with Crippen LogP contribution >= 0.6 is 15.9 Å². The molecular weight excluding hydrogens is 302 g/mol. The van der Waals surface area contributed by atoms with Crippen LogP contribution in [-0.4, -0.2) is 15.6 Å². The maximum absolute atomic E-state index is 4.28. The summed E-state index contributed by atoms with van der Waals surface area (Å²) in [5, 5.41) is 3.44. The molecule has 3 nitrogen and oxygen atoms in total. The highest BCUT2D eigenvalue weighted by Gasteiger charge is 2.12. The second-order valence-corrected chi connectivity index (χ2v) is 5.97. The zero-order valence-electron chi connectivity index (χ0n) is 11.6. The van der Waals surface area contributed by atoms with Gasteiger partial charge in [0.2, 0.25) is 0 Å². The second-order valence-electron chi connectivity index (χ2n) is 5.06. The van der Waals surface area contributed by atoms with Crippen molar-refractivity contribution in [3.05, 3.63) is 52.5 Å². The number of imidazole rings is 1. The Morgan fingerprint density at radius 2 is 2.11 bits per heavy atom. The van der Waals surface area contributed by atoms with E-state index in [1.165, 1.54) is 11.3 Å². The molecule has 1 N–H and O–H groups in total. The molecule has 2 rings (SSSR count). The molecule has 2 aromatic rings. The van der Waals surface area contributed by atoms with E-state index in [0.29, 0.717) is 6.04 Å². The Kier molecular flexibility index (Phi) is 4.77. The fourth-order valence-corrected chi connectivity index (χ4v) is 2.47. The lowest BCUT2D eigenvalue weighted by Gasteiger charge is -2.18. The summed E-state index contributed by atoms with van der Waals surface area (Å²) in [5.74, 6) is 0. The molecule has 0 radical (unpaired) electrons. The predicted octanol–water partition coefficient (Wildman–Crippen LogP) is 3.75. The first kappa shape index (κ1) is 14.3. The van der Waals surface area contributed by atoms with Crippen LogP contribution in [0.1, 0.15) is 38.1 Å². The van der Waals surface area contributed by atoms with Crippen molar-refractivity contribution in [2.75, 3.05) is 0 Å². The van der Waals surface area contributed by atoms with Gasteiger partial charge in [0.1, 0.15) is 0 Å². The number of benzene rings is 1. The van der Waals surface area contributed by atoms with Crippen molar-refractivity contribution >= 4 is 15.9 Å². The third kappa shape index (κ3) is 3.67. The van der Waals surface area contributed by atoms with Crippen LogP contribution < -0.4 is 5.32 Å². The largest absolute Gasteiger partial charge is 0.326 e. The molecule has 0 saturated carbocycles. The van der Waals surface area contributed by atoms with Crippen molar-refractivity contribution in [1.82, 2.24) is 14.9 Å². The highest BCUT2D eigenvalue weighted by Crippen LogP contribution is 2.22. The summed E-state index contributed by atoms with van der Waals surface area (Å²) in [5.41, 5.74) is 2.49. The molecule has 1 atom stereocenters. The summed E-state index contributed by atoms with van der Waals surface area (Å²) in [6.45, 7) is 7.34. The molecule has 1 heterocycles. The average molecular weight is 322 g/mol. The van der Waals surface area contributed by atoms with Crippen molar-refractivity contribution in [2.45, 2.75) is 39.4 Å². The lowest BCUT2D eigenvalue weighted by molar-refractivity contribution is 0.539. The van der Waals surface area contributed by atoms with Crippen LogP contribution in [0.25, 0.3) is 0 Å². The van der Waals surface area contributed by atoms with E-state index in [4.69, 9.17) is 0 Å². The molecule has 0 aliphatic heterocycles. The van der Waals surface area contributed by atoms with Crippen molar-refractivity contribution in [3.8, 4) is 0 Å². The van der Waals surface area contributed by atoms with Crippen molar-refractivity contribution in [2.24, 2.45) is 0 Å². The quantitative estimate of drug-likeness (QED) is 0.908. The van der Waals surface area contributed by atoms with Crippen LogP contribution in [0.5, 0.6) is 0 Å². The molecule has 0 aliphatic carbocycles. The molecule has 0 spiro atoms. The van der Waals surface area contributed by atoms with E-state index in [2.05, 4.69) is 69.8 Å². The van der Waals surface area contributed by atoms with Crippen LogP contribution in [0.4, 0.5) is 0 Å². The topological polar surface area (TPSA) is 29.9 Å². The van der Waals surface area contributed by atoms with E-state index >= 15 is 0 Å². The van der Waals surface area contributed by atoms with Crippen LogP contribution in [0.2, 0.25) is 0 Å². The third-order valence-corrected chi connectivity index (χ3v) is 3.68. The molecule has 19 heavy (non-hydrogen) atoms. The summed E-state index contributed by atoms with van der Waals surface area (Å²) in [7, 11) is 0. The van der Waals surface area contributed by atoms with Crippen LogP contribution in [0.3, 0.4) is 0 Å². The van der Waals surface area contributed by atoms with Gasteiger partial charge < -0.3 is 9.88 Å². The number of nitrogens with one attached hydrogen (secondary N) is 1. The first-order valence-electron chi connectivity index (χ1n) is 6.57. The summed E-state index contributed by atoms with van der Waals surface area (Å²) in [4.78, 5) is 4.28. The SMILES string of the molecule is CC(C)NCc1cncn1C(C)c1cccc(Br)c1. The van der Waals surface area contributed by atoms with Gasteiger partial charge >= 0.3 is 0 Å². The minimum Gasteiger partial charge on any atom is -0.326 e. The molecule has 0 saturated heterocycles. The number of halogens is 1. The highest BCUT2D eigenvalue weighted by molar-refractivity contribution is 9.10. The summed E-state index contributed by atoms with van der Waals surface area (Å²) in [6, 6.07) is 9.18. The molecule has 1 aromatic heterocycles. The Hall–Kier alpha value is -1.13. The second kappa shape index (κ2) is 6.35. The standard InChI is InChI=1S/C15H20BrN3/c1-11(2)18-9-15-8-17-10-19(15)12(3)13-5-4-6-14(16)7-13/h4-8,10-12,18H,9H2,1-3H3. The predicted molar refractivity (Wildman–Crippen MR) is 82.2 cm³/mol. The molecule has 1 unspecified atom stereocenters. The van der Waals surface area contributed by atoms with Gasteiger partial charge in [-0.3, -0.25) is 0 Å². The maximum Gasteiger partial charge on any atom is 0.0954 e. The Bertz CT molecular complexity index is 534. The smallest absolute Gasteiger partial charge is 0.0954 e. The van der Waals surface area contributed by atoms with Gasteiger partial charge in [-0.1, -0.05) is 41.9 Å². The van der Waals surface area contributed by atoms with Crippen LogP contribution in [-0.2, 0) is 6.54 Å². The number of nitrogens with zero attached hydrogens (tertiary/aromatic N) is 2. The third-order valence-electron chi connectivity index (χ3n) is 3.19. The van der Waals surface area contributed by atoms with Crippen LogP contribution in [0, 0.1) is 0 Å². The Labute approximate surface area is 123 Å². The molecule has 0 bridgehead atoms. The van der Waals surface area contributed by atoms with Gasteiger partial charge in [0.25, 0.3) is 0 Å². The minimum atomic E-state index is 0.281. The number of rotatable bonds is 5. The Morgan fingerprint density at radius 3 is 2.79 bits per heavy atom. The van der Waals surface area contributed by atoms with E-state index in [-0.39, 0.29) is 6.04 Å². The highest BCUT2D eigenvalue weighted by atomic mass is 79.9. The van der Waals surface area contributed by atoms with E-state index in [1.807, 2.05) is 18.6 Å². The zero-order chi connectivity index (χ0) is 13.8. The van der Waals surface area contributed by atoms with E-state index in [1.54, 1.807) is 0 Å². The number of aromatic nitrogens is 2. The molecule has 0 amide bonds. The first-order chi connectivity index (χ1) is 9.08. The van der Waals surface area contributed by atoms with E-state index in [0.717, 1.165) is 11.0 Å². The lowest BCUT2D eigenvalue weighted by Crippen LogP contribution is -2.24. The maximum atomic E-state index is 4.28. The first-order valence-corrected chi connectivity index (χ1v) is 7.36. The molecule has 1 aromatic carbocycles. The van der Waals surface area contributed by atoms with Gasteiger partial charge in [-0.05, 0) is 24.6 Å². The van der Waals surface area contributed by atoms with Gasteiger partial charge in [-0.2, -0.15) is 0 Å². The van der Waals surface area contributed by atoms with Gasteiger partial charge in [0.15, 0.2) is 0 Å². The zero-order valence-corrected chi connectivity index (χ0v) is 13.2. The molecule has 4 heteroatoms.